The monoisotopic (exact) mass is 232 g/mol. The van der Waals surface area contributed by atoms with E-state index in [1.807, 2.05) is 18.5 Å². The van der Waals surface area contributed by atoms with Crippen LogP contribution >= 0.6 is 0 Å². The van der Waals surface area contributed by atoms with Gasteiger partial charge in [0.25, 0.3) is 0 Å². The Kier molecular flexibility index (Phi) is 3.12. The summed E-state index contributed by atoms with van der Waals surface area (Å²) in [6, 6.07) is 4.15. The number of ether oxygens (including phenoxy) is 1. The van der Waals surface area contributed by atoms with E-state index in [1.54, 1.807) is 0 Å². The molecular formula is C14H20N2O. The summed E-state index contributed by atoms with van der Waals surface area (Å²) in [7, 11) is 0. The van der Waals surface area contributed by atoms with E-state index in [0.717, 1.165) is 26.1 Å². The highest BCUT2D eigenvalue weighted by atomic mass is 16.5. The third kappa shape index (κ3) is 2.50. The number of aromatic nitrogens is 1. The molecule has 3 rings (SSSR count). The molecule has 92 valence electrons. The van der Waals surface area contributed by atoms with E-state index >= 15 is 0 Å². The van der Waals surface area contributed by atoms with Gasteiger partial charge in [-0.3, -0.25) is 4.98 Å². The van der Waals surface area contributed by atoms with Crippen LogP contribution in [0.25, 0.3) is 0 Å². The molecule has 1 N–H and O–H groups in total. The number of nitrogens with one attached hydrogen (secondary N) is 1. The number of hydrogen-bond acceptors (Lipinski definition) is 3. The number of rotatable bonds is 2. The van der Waals surface area contributed by atoms with Crippen LogP contribution in [0.3, 0.4) is 0 Å². The quantitative estimate of drug-likeness (QED) is 0.844. The number of pyridine rings is 1. The van der Waals surface area contributed by atoms with E-state index < -0.39 is 0 Å². The van der Waals surface area contributed by atoms with Crippen molar-refractivity contribution in [3.63, 3.8) is 0 Å². The Morgan fingerprint density at radius 2 is 2.29 bits per heavy atom. The predicted molar refractivity (Wildman–Crippen MR) is 66.8 cm³/mol. The van der Waals surface area contributed by atoms with Gasteiger partial charge in [0, 0.05) is 18.8 Å². The zero-order valence-corrected chi connectivity index (χ0v) is 10.2. The van der Waals surface area contributed by atoms with Crippen LogP contribution in [-0.2, 0) is 11.2 Å². The summed E-state index contributed by atoms with van der Waals surface area (Å²) < 4.78 is 5.99. The zero-order valence-electron chi connectivity index (χ0n) is 10.2. The van der Waals surface area contributed by atoms with Crippen LogP contribution in [0.4, 0.5) is 0 Å². The smallest absolute Gasteiger partial charge is 0.0622 e. The van der Waals surface area contributed by atoms with Crippen LogP contribution in [0.15, 0.2) is 24.5 Å². The SMILES string of the molecule is c1cncc(C[C@H]2CC3(CCNCC3)CO2)c1. The molecule has 0 bridgehead atoms. The second-order valence-corrected chi connectivity index (χ2v) is 5.45. The van der Waals surface area contributed by atoms with Crippen molar-refractivity contribution in [1.82, 2.24) is 10.3 Å². The Morgan fingerprint density at radius 1 is 1.41 bits per heavy atom. The molecule has 3 nitrogen and oxygen atoms in total. The summed E-state index contributed by atoms with van der Waals surface area (Å²) >= 11 is 0. The van der Waals surface area contributed by atoms with Gasteiger partial charge in [-0.05, 0) is 49.4 Å². The first-order valence-electron chi connectivity index (χ1n) is 6.58. The van der Waals surface area contributed by atoms with Gasteiger partial charge in [0.15, 0.2) is 0 Å². The minimum absolute atomic E-state index is 0.400. The summed E-state index contributed by atoms with van der Waals surface area (Å²) in [5.41, 5.74) is 1.77. The van der Waals surface area contributed by atoms with Crippen LogP contribution in [-0.4, -0.2) is 30.8 Å². The van der Waals surface area contributed by atoms with E-state index in [2.05, 4.69) is 16.4 Å². The maximum Gasteiger partial charge on any atom is 0.0622 e. The minimum Gasteiger partial charge on any atom is -0.377 e. The molecule has 1 spiro atoms. The van der Waals surface area contributed by atoms with Crippen LogP contribution in [0.5, 0.6) is 0 Å². The van der Waals surface area contributed by atoms with E-state index in [9.17, 15) is 0 Å². The molecule has 2 fully saturated rings. The molecule has 0 unspecified atom stereocenters. The molecule has 3 heteroatoms. The Bertz CT molecular complexity index is 360. The molecule has 2 saturated heterocycles. The molecule has 0 saturated carbocycles. The third-order valence-corrected chi connectivity index (χ3v) is 4.14. The van der Waals surface area contributed by atoms with Crippen molar-refractivity contribution < 1.29 is 4.74 Å². The molecule has 0 aliphatic carbocycles. The molecule has 2 aliphatic rings. The molecule has 3 heterocycles. The predicted octanol–water partition coefficient (Wildman–Crippen LogP) is 1.78. The van der Waals surface area contributed by atoms with Gasteiger partial charge in [-0.1, -0.05) is 6.07 Å². The normalized spacial score (nSPS) is 27.4. The first-order valence-corrected chi connectivity index (χ1v) is 6.58. The summed E-state index contributed by atoms with van der Waals surface area (Å²) in [6.45, 7) is 3.27. The van der Waals surface area contributed by atoms with Crippen molar-refractivity contribution in [2.45, 2.75) is 31.8 Å². The van der Waals surface area contributed by atoms with Gasteiger partial charge in [0.1, 0.15) is 0 Å². The first kappa shape index (κ1) is 11.2. The fraction of sp³-hybridized carbons (Fsp3) is 0.643. The molecule has 2 aliphatic heterocycles. The van der Waals surface area contributed by atoms with E-state index in [1.165, 1.54) is 24.8 Å². The highest BCUT2D eigenvalue weighted by Crippen LogP contribution is 2.41. The van der Waals surface area contributed by atoms with Crippen molar-refractivity contribution in [3.8, 4) is 0 Å². The highest BCUT2D eigenvalue weighted by molar-refractivity contribution is 5.10. The summed E-state index contributed by atoms with van der Waals surface area (Å²) in [4.78, 5) is 4.17. The Hall–Kier alpha value is -0.930. The van der Waals surface area contributed by atoms with Gasteiger partial charge in [-0.2, -0.15) is 0 Å². The van der Waals surface area contributed by atoms with E-state index in [0.29, 0.717) is 11.5 Å². The highest BCUT2D eigenvalue weighted by Gasteiger charge is 2.40. The fourth-order valence-electron chi connectivity index (χ4n) is 3.11. The molecular weight excluding hydrogens is 212 g/mol. The molecule has 0 amide bonds. The van der Waals surface area contributed by atoms with Crippen molar-refractivity contribution >= 4 is 0 Å². The number of piperidine rings is 1. The van der Waals surface area contributed by atoms with Gasteiger partial charge in [0.05, 0.1) is 12.7 Å². The van der Waals surface area contributed by atoms with Crippen LogP contribution in [0, 0.1) is 5.41 Å². The van der Waals surface area contributed by atoms with Crippen LogP contribution < -0.4 is 5.32 Å². The van der Waals surface area contributed by atoms with Crippen LogP contribution in [0.2, 0.25) is 0 Å². The van der Waals surface area contributed by atoms with Crippen molar-refractivity contribution in [1.29, 1.82) is 0 Å². The van der Waals surface area contributed by atoms with Crippen molar-refractivity contribution in [2.24, 2.45) is 5.41 Å². The summed E-state index contributed by atoms with van der Waals surface area (Å²) in [5.74, 6) is 0. The third-order valence-electron chi connectivity index (χ3n) is 4.14. The topological polar surface area (TPSA) is 34.2 Å². The molecule has 0 aromatic carbocycles. The second kappa shape index (κ2) is 4.75. The van der Waals surface area contributed by atoms with Gasteiger partial charge in [0.2, 0.25) is 0 Å². The van der Waals surface area contributed by atoms with Gasteiger partial charge >= 0.3 is 0 Å². The maximum absolute atomic E-state index is 5.99. The molecule has 1 aromatic heterocycles. The Balaban J connectivity index is 1.60. The molecule has 0 radical (unpaired) electrons. The average Bonchev–Trinajstić information content (AvgIpc) is 2.74. The van der Waals surface area contributed by atoms with Crippen molar-refractivity contribution in [2.75, 3.05) is 19.7 Å². The molecule has 17 heavy (non-hydrogen) atoms. The van der Waals surface area contributed by atoms with Gasteiger partial charge < -0.3 is 10.1 Å². The Morgan fingerprint density at radius 3 is 3.06 bits per heavy atom. The standard InChI is InChI=1S/C14H20N2O/c1-2-12(10-16-5-1)8-13-9-14(11-17-13)3-6-15-7-4-14/h1-2,5,10,13,15H,3-4,6-9,11H2/t13-/m0/s1. The molecule has 1 aromatic rings. The van der Waals surface area contributed by atoms with E-state index in [-0.39, 0.29) is 0 Å². The number of nitrogens with zero attached hydrogens (tertiary/aromatic N) is 1. The second-order valence-electron chi connectivity index (χ2n) is 5.45. The Labute approximate surface area is 103 Å². The van der Waals surface area contributed by atoms with Crippen LogP contribution in [0.1, 0.15) is 24.8 Å². The van der Waals surface area contributed by atoms with Gasteiger partial charge in [-0.25, -0.2) is 0 Å². The minimum atomic E-state index is 0.400. The summed E-state index contributed by atoms with van der Waals surface area (Å²) in [5, 5.41) is 3.43. The lowest BCUT2D eigenvalue weighted by Crippen LogP contribution is -2.37. The first-order chi connectivity index (χ1) is 8.36. The largest absolute Gasteiger partial charge is 0.377 e. The lowest BCUT2D eigenvalue weighted by Gasteiger charge is -2.32. The fourth-order valence-corrected chi connectivity index (χ4v) is 3.11. The van der Waals surface area contributed by atoms with Crippen molar-refractivity contribution in [3.05, 3.63) is 30.1 Å². The summed E-state index contributed by atoms with van der Waals surface area (Å²) in [6.07, 6.45) is 8.97. The number of hydrogen-bond donors (Lipinski definition) is 1. The maximum atomic E-state index is 5.99. The lowest BCUT2D eigenvalue weighted by molar-refractivity contribution is 0.0867. The lowest BCUT2D eigenvalue weighted by atomic mass is 9.77. The van der Waals surface area contributed by atoms with E-state index in [4.69, 9.17) is 4.74 Å². The molecule has 1 atom stereocenters. The zero-order chi connectivity index (χ0) is 11.6. The average molecular weight is 232 g/mol. The van der Waals surface area contributed by atoms with Gasteiger partial charge in [-0.15, -0.1) is 0 Å².